The molecule has 4 heteroatoms. The van der Waals surface area contributed by atoms with Crippen molar-refractivity contribution in [1.29, 1.82) is 0 Å². The summed E-state index contributed by atoms with van der Waals surface area (Å²) in [7, 11) is 0. The van der Waals surface area contributed by atoms with Crippen molar-refractivity contribution in [2.75, 3.05) is 26.4 Å². The van der Waals surface area contributed by atoms with Crippen LogP contribution in [0.15, 0.2) is 0 Å². The molecule has 4 atom stereocenters. The molecule has 1 aliphatic carbocycles. The van der Waals surface area contributed by atoms with E-state index in [1.165, 1.54) is 0 Å². The van der Waals surface area contributed by atoms with E-state index in [1.54, 1.807) is 0 Å². The van der Waals surface area contributed by atoms with Crippen LogP contribution in [-0.4, -0.2) is 50.8 Å². The molecule has 0 aromatic heterocycles. The second-order valence-electron chi connectivity index (χ2n) is 5.50. The van der Waals surface area contributed by atoms with Crippen molar-refractivity contribution in [3.05, 3.63) is 0 Å². The normalized spacial score (nSPS) is 31.4. The summed E-state index contributed by atoms with van der Waals surface area (Å²) >= 11 is 0. The molecule has 1 aliphatic rings. The summed E-state index contributed by atoms with van der Waals surface area (Å²) in [4.78, 5) is 0. The zero-order valence-corrected chi connectivity index (χ0v) is 14.3. The summed E-state index contributed by atoms with van der Waals surface area (Å²) in [5, 5.41) is 0. The molecule has 4 unspecified atom stereocenters. The van der Waals surface area contributed by atoms with Crippen molar-refractivity contribution in [1.82, 2.24) is 0 Å². The Labute approximate surface area is 130 Å². The molecule has 0 N–H and O–H groups in total. The maximum Gasteiger partial charge on any atom is 0.0862 e. The van der Waals surface area contributed by atoms with Crippen molar-refractivity contribution in [2.24, 2.45) is 0 Å². The first kappa shape index (κ1) is 18.9. The average molecular weight is 302 g/mol. The molecule has 126 valence electrons. The van der Waals surface area contributed by atoms with Gasteiger partial charge in [0.25, 0.3) is 0 Å². The predicted octanol–water partition coefficient (Wildman–Crippen LogP) is 3.57. The van der Waals surface area contributed by atoms with Crippen LogP contribution in [0.1, 0.15) is 59.8 Å². The molecule has 4 nitrogen and oxygen atoms in total. The molecule has 0 bridgehead atoms. The molecule has 0 spiro atoms. The van der Waals surface area contributed by atoms with Gasteiger partial charge in [0, 0.05) is 32.8 Å². The second-order valence-corrected chi connectivity index (χ2v) is 5.50. The van der Waals surface area contributed by atoms with Crippen LogP contribution in [-0.2, 0) is 18.9 Å². The van der Waals surface area contributed by atoms with E-state index < -0.39 is 0 Å². The molecule has 0 saturated heterocycles. The van der Waals surface area contributed by atoms with E-state index >= 15 is 0 Å². The van der Waals surface area contributed by atoms with Crippen molar-refractivity contribution in [3.8, 4) is 0 Å². The maximum atomic E-state index is 5.98. The van der Waals surface area contributed by atoms with Gasteiger partial charge in [-0.3, -0.25) is 0 Å². The molecule has 1 rings (SSSR count). The number of rotatable bonds is 8. The maximum absolute atomic E-state index is 5.98. The van der Waals surface area contributed by atoms with E-state index in [-0.39, 0.29) is 24.4 Å². The Morgan fingerprint density at radius 1 is 0.571 bits per heavy atom. The monoisotopic (exact) mass is 302 g/mol. The summed E-state index contributed by atoms with van der Waals surface area (Å²) in [5.74, 6) is 0. The Kier molecular flexibility index (Phi) is 10.3. The van der Waals surface area contributed by atoms with E-state index in [2.05, 4.69) is 13.8 Å². The summed E-state index contributed by atoms with van der Waals surface area (Å²) in [6.07, 6.45) is 5.88. The number of hydrogen-bond acceptors (Lipinski definition) is 4. The van der Waals surface area contributed by atoms with Crippen LogP contribution in [0.4, 0.5) is 0 Å². The van der Waals surface area contributed by atoms with Crippen LogP contribution in [0.25, 0.3) is 0 Å². The lowest BCUT2D eigenvalue weighted by molar-refractivity contribution is -0.120. The third-order valence-corrected chi connectivity index (χ3v) is 4.04. The highest BCUT2D eigenvalue weighted by atomic mass is 16.6. The van der Waals surface area contributed by atoms with Gasteiger partial charge in [-0.25, -0.2) is 0 Å². The second kappa shape index (κ2) is 11.4. The van der Waals surface area contributed by atoms with Gasteiger partial charge in [-0.1, -0.05) is 12.8 Å². The quantitative estimate of drug-likeness (QED) is 0.687. The van der Waals surface area contributed by atoms with Crippen LogP contribution in [0.2, 0.25) is 0 Å². The molecule has 0 heterocycles. The third-order valence-electron chi connectivity index (χ3n) is 4.04. The lowest BCUT2D eigenvalue weighted by Gasteiger charge is -2.32. The fourth-order valence-corrected chi connectivity index (χ4v) is 3.18. The fraction of sp³-hybridized carbons (Fsp3) is 1.00. The van der Waals surface area contributed by atoms with E-state index in [1.807, 2.05) is 13.8 Å². The summed E-state index contributed by atoms with van der Waals surface area (Å²) in [5.41, 5.74) is 0. The Morgan fingerprint density at radius 3 is 1.24 bits per heavy atom. The SMILES string of the molecule is CCOC1CCCCC(OCC)C(OCC)CC1OCC. The molecular weight excluding hydrogens is 268 g/mol. The van der Waals surface area contributed by atoms with Gasteiger partial charge < -0.3 is 18.9 Å². The molecular formula is C17H34O4. The summed E-state index contributed by atoms with van der Waals surface area (Å²) < 4.78 is 23.8. The smallest absolute Gasteiger partial charge is 0.0862 e. The van der Waals surface area contributed by atoms with Crippen LogP contribution >= 0.6 is 0 Å². The molecule has 0 radical (unpaired) electrons. The fourth-order valence-electron chi connectivity index (χ4n) is 3.18. The summed E-state index contributed by atoms with van der Waals surface area (Å²) in [6.45, 7) is 11.1. The Morgan fingerprint density at radius 2 is 0.905 bits per heavy atom. The minimum atomic E-state index is 0.104. The molecule has 0 aromatic carbocycles. The highest BCUT2D eigenvalue weighted by Crippen LogP contribution is 2.26. The standard InChI is InChI=1S/C17H34O4/c1-5-18-14-11-9-10-12-15(19-6-2)17(21-8-4)13-16(14)20-7-3/h14-17H,5-13H2,1-4H3. The van der Waals surface area contributed by atoms with Crippen LogP contribution in [0, 0.1) is 0 Å². The van der Waals surface area contributed by atoms with E-state index in [0.29, 0.717) is 13.2 Å². The van der Waals surface area contributed by atoms with Gasteiger partial charge >= 0.3 is 0 Å². The lowest BCUT2D eigenvalue weighted by Crippen LogP contribution is -2.40. The van der Waals surface area contributed by atoms with Crippen LogP contribution in [0.5, 0.6) is 0 Å². The van der Waals surface area contributed by atoms with Crippen LogP contribution in [0.3, 0.4) is 0 Å². The molecule has 0 aliphatic heterocycles. The topological polar surface area (TPSA) is 36.9 Å². The van der Waals surface area contributed by atoms with Gasteiger partial charge in [0.1, 0.15) is 0 Å². The van der Waals surface area contributed by atoms with Crippen molar-refractivity contribution in [2.45, 2.75) is 84.2 Å². The van der Waals surface area contributed by atoms with Gasteiger partial charge in [0.05, 0.1) is 24.4 Å². The molecule has 1 saturated carbocycles. The van der Waals surface area contributed by atoms with Gasteiger partial charge in [0.15, 0.2) is 0 Å². The van der Waals surface area contributed by atoms with Gasteiger partial charge in [-0.05, 0) is 40.5 Å². The van der Waals surface area contributed by atoms with Crippen molar-refractivity contribution < 1.29 is 18.9 Å². The first-order valence-electron chi connectivity index (χ1n) is 8.73. The molecule has 1 fully saturated rings. The van der Waals surface area contributed by atoms with Crippen molar-refractivity contribution in [3.63, 3.8) is 0 Å². The highest BCUT2D eigenvalue weighted by molar-refractivity contribution is 4.82. The van der Waals surface area contributed by atoms with Crippen LogP contribution < -0.4 is 0 Å². The van der Waals surface area contributed by atoms with E-state index in [0.717, 1.165) is 45.3 Å². The molecule has 21 heavy (non-hydrogen) atoms. The Hall–Kier alpha value is -0.160. The zero-order valence-electron chi connectivity index (χ0n) is 14.3. The first-order chi connectivity index (χ1) is 10.3. The molecule has 0 amide bonds. The minimum Gasteiger partial charge on any atom is -0.376 e. The van der Waals surface area contributed by atoms with E-state index in [4.69, 9.17) is 18.9 Å². The Balaban J connectivity index is 2.81. The lowest BCUT2D eigenvalue weighted by atomic mass is 10.0. The zero-order chi connectivity index (χ0) is 15.5. The predicted molar refractivity (Wildman–Crippen MR) is 84.7 cm³/mol. The minimum absolute atomic E-state index is 0.104. The largest absolute Gasteiger partial charge is 0.376 e. The van der Waals surface area contributed by atoms with Gasteiger partial charge in [-0.15, -0.1) is 0 Å². The van der Waals surface area contributed by atoms with Crippen molar-refractivity contribution >= 4 is 0 Å². The Bertz CT molecular complexity index is 223. The number of ether oxygens (including phenoxy) is 4. The molecule has 0 aromatic rings. The third kappa shape index (κ3) is 6.64. The number of hydrogen-bond donors (Lipinski definition) is 0. The highest BCUT2D eigenvalue weighted by Gasteiger charge is 2.32. The van der Waals surface area contributed by atoms with Gasteiger partial charge in [-0.2, -0.15) is 0 Å². The van der Waals surface area contributed by atoms with Gasteiger partial charge in [0.2, 0.25) is 0 Å². The average Bonchev–Trinajstić information content (AvgIpc) is 2.54. The first-order valence-corrected chi connectivity index (χ1v) is 8.73. The summed E-state index contributed by atoms with van der Waals surface area (Å²) in [6, 6.07) is 0. The van der Waals surface area contributed by atoms with E-state index in [9.17, 15) is 0 Å².